The first-order valence-electron chi connectivity index (χ1n) is 6.98. The second-order valence-corrected chi connectivity index (χ2v) is 7.01. The Hall–Kier alpha value is -1.02. The zero-order valence-corrected chi connectivity index (χ0v) is 13.0. The van der Waals surface area contributed by atoms with Gasteiger partial charge in [0.2, 0.25) is 10.0 Å². The Morgan fingerprint density at radius 1 is 1.43 bits per heavy atom. The van der Waals surface area contributed by atoms with Gasteiger partial charge in [0.05, 0.1) is 6.10 Å². The molecule has 1 fully saturated rings. The van der Waals surface area contributed by atoms with Crippen LogP contribution in [0.1, 0.15) is 18.9 Å². The van der Waals surface area contributed by atoms with Crippen LogP contribution in [0.3, 0.4) is 0 Å². The summed E-state index contributed by atoms with van der Waals surface area (Å²) in [5.74, 6) is -0.610. The Bertz CT molecular complexity index is 592. The van der Waals surface area contributed by atoms with Crippen molar-refractivity contribution in [3.05, 3.63) is 29.6 Å². The van der Waals surface area contributed by atoms with Gasteiger partial charge in [-0.3, -0.25) is 0 Å². The second kappa shape index (κ2) is 6.83. The normalized spacial score (nSPS) is 22.6. The molecule has 21 heavy (non-hydrogen) atoms. The lowest BCUT2D eigenvalue weighted by Gasteiger charge is -2.15. The minimum absolute atomic E-state index is 0.0215. The van der Waals surface area contributed by atoms with Crippen LogP contribution in [0.5, 0.6) is 0 Å². The van der Waals surface area contributed by atoms with Gasteiger partial charge < -0.3 is 10.1 Å². The van der Waals surface area contributed by atoms with Crippen molar-refractivity contribution in [3.63, 3.8) is 0 Å². The van der Waals surface area contributed by atoms with Crippen LogP contribution in [-0.2, 0) is 21.3 Å². The van der Waals surface area contributed by atoms with Crippen molar-refractivity contribution in [2.75, 3.05) is 20.2 Å². The molecule has 1 saturated heterocycles. The van der Waals surface area contributed by atoms with Crippen LogP contribution in [0.25, 0.3) is 0 Å². The van der Waals surface area contributed by atoms with Gasteiger partial charge in [-0.1, -0.05) is 6.07 Å². The zero-order chi connectivity index (χ0) is 15.5. The van der Waals surface area contributed by atoms with E-state index < -0.39 is 15.8 Å². The first-order chi connectivity index (χ1) is 9.94. The second-order valence-electron chi connectivity index (χ2n) is 5.27. The van der Waals surface area contributed by atoms with Gasteiger partial charge in [-0.2, -0.15) is 0 Å². The predicted molar refractivity (Wildman–Crippen MR) is 77.9 cm³/mol. The van der Waals surface area contributed by atoms with E-state index in [1.807, 2.05) is 6.92 Å². The molecule has 7 heteroatoms. The van der Waals surface area contributed by atoms with Crippen molar-refractivity contribution in [3.8, 4) is 0 Å². The van der Waals surface area contributed by atoms with Crippen LogP contribution in [0, 0.1) is 11.7 Å². The fraction of sp³-hybridized carbons (Fsp3) is 0.571. The lowest BCUT2D eigenvalue weighted by Crippen LogP contribution is -2.32. The molecule has 0 amide bonds. The number of benzene rings is 1. The molecule has 1 aromatic rings. The molecule has 1 aliphatic rings. The summed E-state index contributed by atoms with van der Waals surface area (Å²) in [4.78, 5) is -0.304. The van der Waals surface area contributed by atoms with E-state index in [1.54, 1.807) is 13.1 Å². The zero-order valence-electron chi connectivity index (χ0n) is 12.2. The molecule has 2 unspecified atom stereocenters. The third-order valence-electron chi connectivity index (χ3n) is 3.73. The maximum Gasteiger partial charge on any atom is 0.243 e. The lowest BCUT2D eigenvalue weighted by atomic mass is 10.0. The third kappa shape index (κ3) is 4.00. The lowest BCUT2D eigenvalue weighted by molar-refractivity contribution is 0.107. The fourth-order valence-electron chi connectivity index (χ4n) is 2.41. The summed E-state index contributed by atoms with van der Waals surface area (Å²) < 4.78 is 46.2. The maximum atomic E-state index is 13.8. The van der Waals surface area contributed by atoms with E-state index in [1.165, 1.54) is 12.1 Å². The van der Waals surface area contributed by atoms with Gasteiger partial charge in [-0.15, -0.1) is 0 Å². The highest BCUT2D eigenvalue weighted by Gasteiger charge is 2.27. The third-order valence-corrected chi connectivity index (χ3v) is 5.17. The van der Waals surface area contributed by atoms with E-state index in [9.17, 15) is 12.8 Å². The minimum Gasteiger partial charge on any atom is -0.378 e. The van der Waals surface area contributed by atoms with Gasteiger partial charge in [-0.05, 0) is 38.1 Å². The molecule has 0 bridgehead atoms. The highest BCUT2D eigenvalue weighted by molar-refractivity contribution is 7.89. The number of rotatable bonds is 6. The molecule has 0 aliphatic carbocycles. The summed E-state index contributed by atoms with van der Waals surface area (Å²) in [6.07, 6.45) is 0.833. The number of hydrogen-bond donors (Lipinski definition) is 2. The molecule has 2 rings (SSSR count). The Morgan fingerprint density at radius 2 is 2.19 bits per heavy atom. The highest BCUT2D eigenvalue weighted by atomic mass is 32.2. The Morgan fingerprint density at radius 3 is 2.81 bits per heavy atom. The Balaban J connectivity index is 2.13. The van der Waals surface area contributed by atoms with Crippen molar-refractivity contribution < 1.29 is 17.5 Å². The smallest absolute Gasteiger partial charge is 0.243 e. The molecule has 0 aromatic heterocycles. The molecule has 0 spiro atoms. The molecule has 2 atom stereocenters. The predicted octanol–water partition coefficient (Wildman–Crippen LogP) is 1.25. The summed E-state index contributed by atoms with van der Waals surface area (Å²) in [6, 6.07) is 4.11. The van der Waals surface area contributed by atoms with Crippen molar-refractivity contribution in [2.24, 2.45) is 5.92 Å². The summed E-state index contributed by atoms with van der Waals surface area (Å²) in [6.45, 7) is 3.30. The molecule has 118 valence electrons. The average molecular weight is 316 g/mol. The van der Waals surface area contributed by atoms with Crippen molar-refractivity contribution >= 4 is 10.0 Å². The molecule has 1 aliphatic heterocycles. The van der Waals surface area contributed by atoms with Gasteiger partial charge in [-0.25, -0.2) is 17.5 Å². The van der Waals surface area contributed by atoms with Crippen molar-refractivity contribution in [1.29, 1.82) is 0 Å². The largest absolute Gasteiger partial charge is 0.378 e. The van der Waals surface area contributed by atoms with Gasteiger partial charge in [0.15, 0.2) is 0 Å². The molecule has 1 heterocycles. The number of nitrogens with one attached hydrogen (secondary N) is 2. The van der Waals surface area contributed by atoms with Crippen LogP contribution < -0.4 is 10.0 Å². The average Bonchev–Trinajstić information content (AvgIpc) is 2.84. The number of sulfonamides is 1. The monoisotopic (exact) mass is 316 g/mol. The van der Waals surface area contributed by atoms with Gasteiger partial charge in [0, 0.05) is 25.6 Å². The number of halogens is 1. The number of hydrogen-bond acceptors (Lipinski definition) is 4. The standard InChI is InChI=1S/C14H21FN2O3S/c1-10-12(5-6-20-10)9-17-21(18,19)14-7-11(8-16-2)3-4-13(14)15/h3-4,7,10,12,16-17H,5-6,8-9H2,1-2H3. The number of ether oxygens (including phenoxy) is 1. The van der Waals surface area contributed by atoms with E-state index in [-0.39, 0.29) is 23.5 Å². The van der Waals surface area contributed by atoms with E-state index in [0.717, 1.165) is 12.0 Å². The van der Waals surface area contributed by atoms with Crippen molar-refractivity contribution in [2.45, 2.75) is 30.9 Å². The van der Waals surface area contributed by atoms with Gasteiger partial charge >= 0.3 is 0 Å². The van der Waals surface area contributed by atoms with Crippen LogP contribution in [0.2, 0.25) is 0 Å². The molecule has 5 nitrogen and oxygen atoms in total. The van der Waals surface area contributed by atoms with Crippen molar-refractivity contribution in [1.82, 2.24) is 10.0 Å². The summed E-state index contributed by atoms with van der Waals surface area (Å²) >= 11 is 0. The van der Waals surface area contributed by atoms with E-state index in [0.29, 0.717) is 13.2 Å². The molecular weight excluding hydrogens is 295 g/mol. The fourth-order valence-corrected chi connectivity index (χ4v) is 3.63. The summed E-state index contributed by atoms with van der Waals surface area (Å²) in [7, 11) is -2.10. The SMILES string of the molecule is CNCc1ccc(F)c(S(=O)(=O)NCC2CCOC2C)c1. The maximum absolute atomic E-state index is 13.8. The van der Waals surface area contributed by atoms with E-state index >= 15 is 0 Å². The summed E-state index contributed by atoms with van der Waals surface area (Å²) in [5, 5.41) is 2.91. The van der Waals surface area contributed by atoms with E-state index in [4.69, 9.17) is 4.74 Å². The van der Waals surface area contributed by atoms with Crippen LogP contribution in [-0.4, -0.2) is 34.7 Å². The first-order valence-corrected chi connectivity index (χ1v) is 8.46. The van der Waals surface area contributed by atoms with Crippen LogP contribution in [0.15, 0.2) is 23.1 Å². The van der Waals surface area contributed by atoms with Gasteiger partial charge in [0.25, 0.3) is 0 Å². The quantitative estimate of drug-likeness (QED) is 0.829. The van der Waals surface area contributed by atoms with Gasteiger partial charge in [0.1, 0.15) is 10.7 Å². The van der Waals surface area contributed by atoms with Crippen LogP contribution >= 0.6 is 0 Å². The molecule has 0 radical (unpaired) electrons. The van der Waals surface area contributed by atoms with Crippen LogP contribution in [0.4, 0.5) is 4.39 Å². The highest BCUT2D eigenvalue weighted by Crippen LogP contribution is 2.21. The molecule has 1 aromatic carbocycles. The summed E-state index contributed by atoms with van der Waals surface area (Å²) in [5.41, 5.74) is 0.719. The Labute approximate surface area is 124 Å². The Kier molecular flexibility index (Phi) is 5.32. The molecular formula is C14H21FN2O3S. The topological polar surface area (TPSA) is 67.4 Å². The first kappa shape index (κ1) is 16.4. The minimum atomic E-state index is -3.85. The molecule has 2 N–H and O–H groups in total. The molecule has 0 saturated carbocycles. The van der Waals surface area contributed by atoms with E-state index in [2.05, 4.69) is 10.0 Å².